The van der Waals surface area contributed by atoms with Crippen LogP contribution in [0.4, 0.5) is 11.5 Å². The molecule has 112 valence electrons. The van der Waals surface area contributed by atoms with Crippen molar-refractivity contribution in [2.75, 3.05) is 11.6 Å². The number of thiophene rings is 1. The van der Waals surface area contributed by atoms with E-state index in [1.807, 2.05) is 36.6 Å². The van der Waals surface area contributed by atoms with Crippen LogP contribution in [0, 0.1) is 0 Å². The number of carboxylic acids is 1. The fourth-order valence-electron chi connectivity index (χ4n) is 1.99. The SMILES string of the molecule is CSc1sc(C(=O)O)cc1Nc1cnc(-c2ccccc2)[nH]1. The first kappa shape index (κ1) is 14.7. The summed E-state index contributed by atoms with van der Waals surface area (Å²) in [6, 6.07) is 11.5. The molecule has 0 saturated heterocycles. The number of aromatic carboxylic acids is 1. The summed E-state index contributed by atoms with van der Waals surface area (Å²) in [5, 5.41) is 12.3. The van der Waals surface area contributed by atoms with Gasteiger partial charge in [0.25, 0.3) is 0 Å². The highest BCUT2D eigenvalue weighted by molar-refractivity contribution is 8.00. The number of carboxylic acid groups (broad SMARTS) is 1. The zero-order valence-electron chi connectivity index (χ0n) is 11.7. The van der Waals surface area contributed by atoms with Gasteiger partial charge in [-0.25, -0.2) is 9.78 Å². The molecule has 3 aromatic rings. The maximum Gasteiger partial charge on any atom is 0.345 e. The minimum Gasteiger partial charge on any atom is -0.477 e. The number of thioether (sulfide) groups is 1. The molecule has 0 bridgehead atoms. The van der Waals surface area contributed by atoms with E-state index in [0.29, 0.717) is 4.88 Å². The molecule has 5 nitrogen and oxygen atoms in total. The predicted octanol–water partition coefficient (Wildman–Crippen LogP) is 4.30. The molecule has 0 spiro atoms. The van der Waals surface area contributed by atoms with Crippen LogP contribution in [-0.2, 0) is 0 Å². The van der Waals surface area contributed by atoms with Gasteiger partial charge in [-0.2, -0.15) is 0 Å². The highest BCUT2D eigenvalue weighted by Gasteiger charge is 2.14. The number of anilines is 2. The monoisotopic (exact) mass is 331 g/mol. The first-order chi connectivity index (χ1) is 10.7. The van der Waals surface area contributed by atoms with Gasteiger partial charge < -0.3 is 15.4 Å². The smallest absolute Gasteiger partial charge is 0.345 e. The molecule has 0 aliphatic heterocycles. The third-order valence-corrected chi connectivity index (χ3v) is 5.24. The second-order valence-electron chi connectivity index (χ2n) is 4.46. The molecule has 2 aromatic heterocycles. The number of hydrogen-bond donors (Lipinski definition) is 3. The summed E-state index contributed by atoms with van der Waals surface area (Å²) in [5.41, 5.74) is 1.77. The van der Waals surface area contributed by atoms with Crippen LogP contribution >= 0.6 is 23.1 Å². The average molecular weight is 331 g/mol. The molecule has 2 heterocycles. The summed E-state index contributed by atoms with van der Waals surface area (Å²) < 4.78 is 0.924. The van der Waals surface area contributed by atoms with E-state index in [-0.39, 0.29) is 0 Å². The van der Waals surface area contributed by atoms with Crippen LogP contribution in [0.5, 0.6) is 0 Å². The fourth-order valence-corrected chi connectivity index (χ4v) is 3.61. The zero-order valence-corrected chi connectivity index (χ0v) is 13.3. The van der Waals surface area contributed by atoms with Crippen molar-refractivity contribution in [3.8, 4) is 11.4 Å². The van der Waals surface area contributed by atoms with Gasteiger partial charge in [0.15, 0.2) is 0 Å². The van der Waals surface area contributed by atoms with E-state index in [1.54, 1.807) is 12.3 Å². The van der Waals surface area contributed by atoms with Gasteiger partial charge in [0, 0.05) is 5.56 Å². The zero-order chi connectivity index (χ0) is 15.5. The second kappa shape index (κ2) is 6.25. The van der Waals surface area contributed by atoms with Gasteiger partial charge in [-0.1, -0.05) is 30.3 Å². The van der Waals surface area contributed by atoms with Crippen molar-refractivity contribution in [3.05, 3.63) is 47.5 Å². The summed E-state index contributed by atoms with van der Waals surface area (Å²) in [5.74, 6) is 0.578. The predicted molar refractivity (Wildman–Crippen MR) is 90.4 cm³/mol. The van der Waals surface area contributed by atoms with Gasteiger partial charge in [0.2, 0.25) is 0 Å². The summed E-state index contributed by atoms with van der Waals surface area (Å²) >= 11 is 2.77. The highest BCUT2D eigenvalue weighted by Crippen LogP contribution is 2.36. The Bertz CT molecular complexity index is 796. The minimum atomic E-state index is -0.914. The third-order valence-electron chi connectivity index (χ3n) is 2.99. The molecular formula is C15H13N3O2S2. The number of nitrogens with one attached hydrogen (secondary N) is 2. The molecule has 0 saturated carbocycles. The van der Waals surface area contributed by atoms with Gasteiger partial charge in [-0.15, -0.1) is 23.1 Å². The standard InChI is InChI=1S/C15H13N3O2S2/c1-21-15-10(7-11(22-15)14(19)20)17-12-8-16-13(18-12)9-5-3-2-4-6-9/h2-8,17H,1H3,(H,16,18)(H,19,20). The number of carbonyl (C=O) groups is 1. The number of nitrogens with zero attached hydrogens (tertiary/aromatic N) is 1. The Labute approximate surface area is 135 Å². The lowest BCUT2D eigenvalue weighted by molar-refractivity contribution is 0.0702. The van der Waals surface area contributed by atoms with E-state index in [4.69, 9.17) is 5.11 Å². The van der Waals surface area contributed by atoms with E-state index in [1.165, 1.54) is 23.1 Å². The average Bonchev–Trinajstić information content (AvgIpc) is 3.15. The van der Waals surface area contributed by atoms with Crippen LogP contribution in [0.15, 0.2) is 46.8 Å². The summed E-state index contributed by atoms with van der Waals surface area (Å²) in [4.78, 5) is 18.9. The highest BCUT2D eigenvalue weighted by atomic mass is 32.2. The molecule has 0 radical (unpaired) electrons. The molecule has 22 heavy (non-hydrogen) atoms. The summed E-state index contributed by atoms with van der Waals surface area (Å²) in [7, 11) is 0. The first-order valence-corrected chi connectivity index (χ1v) is 8.50. The van der Waals surface area contributed by atoms with Gasteiger partial charge in [0.05, 0.1) is 16.1 Å². The van der Waals surface area contributed by atoms with E-state index in [9.17, 15) is 4.79 Å². The van der Waals surface area contributed by atoms with Crippen molar-refractivity contribution in [1.29, 1.82) is 0 Å². The van der Waals surface area contributed by atoms with Gasteiger partial charge in [-0.05, 0) is 12.3 Å². The van der Waals surface area contributed by atoms with Gasteiger partial charge in [0.1, 0.15) is 16.5 Å². The lowest BCUT2D eigenvalue weighted by Crippen LogP contribution is -1.92. The number of imidazole rings is 1. The normalized spacial score (nSPS) is 10.6. The molecule has 3 rings (SSSR count). The number of aromatic nitrogens is 2. The first-order valence-electron chi connectivity index (χ1n) is 6.46. The number of benzene rings is 1. The van der Waals surface area contributed by atoms with Crippen molar-refractivity contribution in [1.82, 2.24) is 9.97 Å². The Kier molecular flexibility index (Phi) is 4.17. The van der Waals surface area contributed by atoms with Crippen molar-refractivity contribution < 1.29 is 9.90 Å². The van der Waals surface area contributed by atoms with Crippen LogP contribution < -0.4 is 5.32 Å². The van der Waals surface area contributed by atoms with Gasteiger partial charge in [-0.3, -0.25) is 0 Å². The van der Waals surface area contributed by atoms with Crippen molar-refractivity contribution in [2.24, 2.45) is 0 Å². The molecule has 0 unspecified atom stereocenters. The maximum atomic E-state index is 11.1. The molecule has 7 heteroatoms. The van der Waals surface area contributed by atoms with Crippen molar-refractivity contribution in [2.45, 2.75) is 4.21 Å². The van der Waals surface area contributed by atoms with E-state index in [0.717, 1.165) is 27.1 Å². The molecule has 3 N–H and O–H groups in total. The Morgan fingerprint density at radius 2 is 2.14 bits per heavy atom. The number of aromatic amines is 1. The van der Waals surface area contributed by atoms with Crippen LogP contribution in [0.25, 0.3) is 11.4 Å². The molecule has 0 aliphatic carbocycles. The quantitative estimate of drug-likeness (QED) is 0.608. The Morgan fingerprint density at radius 3 is 2.82 bits per heavy atom. The third kappa shape index (κ3) is 3.00. The molecule has 0 aliphatic rings. The van der Waals surface area contributed by atoms with E-state index in [2.05, 4.69) is 15.3 Å². The van der Waals surface area contributed by atoms with E-state index >= 15 is 0 Å². The summed E-state index contributed by atoms with van der Waals surface area (Å²) in [6.45, 7) is 0. The fraction of sp³-hybridized carbons (Fsp3) is 0.0667. The van der Waals surface area contributed by atoms with Crippen LogP contribution in [0.1, 0.15) is 9.67 Å². The molecule has 0 atom stereocenters. The number of H-pyrrole nitrogens is 1. The largest absolute Gasteiger partial charge is 0.477 e. The van der Waals surface area contributed by atoms with Gasteiger partial charge >= 0.3 is 5.97 Å². The van der Waals surface area contributed by atoms with Crippen LogP contribution in [-0.4, -0.2) is 27.3 Å². The number of rotatable bonds is 5. The Hall–Kier alpha value is -2.25. The Morgan fingerprint density at radius 1 is 1.36 bits per heavy atom. The number of hydrogen-bond acceptors (Lipinski definition) is 5. The minimum absolute atomic E-state index is 0.314. The summed E-state index contributed by atoms with van der Waals surface area (Å²) in [6.07, 6.45) is 3.62. The molecule has 1 aromatic carbocycles. The second-order valence-corrected chi connectivity index (χ2v) is 6.58. The van der Waals surface area contributed by atoms with Crippen LogP contribution in [0.2, 0.25) is 0 Å². The molecular weight excluding hydrogens is 318 g/mol. The lowest BCUT2D eigenvalue weighted by atomic mass is 10.2. The molecule has 0 amide bonds. The van der Waals surface area contributed by atoms with Crippen LogP contribution in [0.3, 0.4) is 0 Å². The van der Waals surface area contributed by atoms with Crippen molar-refractivity contribution >= 4 is 40.6 Å². The lowest BCUT2D eigenvalue weighted by Gasteiger charge is -2.02. The Balaban J connectivity index is 1.85. The van der Waals surface area contributed by atoms with E-state index < -0.39 is 5.97 Å². The maximum absolute atomic E-state index is 11.1. The molecule has 0 fully saturated rings. The van der Waals surface area contributed by atoms with Crippen molar-refractivity contribution in [3.63, 3.8) is 0 Å². The topological polar surface area (TPSA) is 78.0 Å².